The second-order valence-electron chi connectivity index (χ2n) is 6.11. The third-order valence-electron chi connectivity index (χ3n) is 3.91. The van der Waals surface area contributed by atoms with Gasteiger partial charge in [-0.1, -0.05) is 38.1 Å². The Hall–Kier alpha value is -2.06. The molecule has 0 aliphatic heterocycles. The highest BCUT2D eigenvalue weighted by Gasteiger charge is 2.37. The van der Waals surface area contributed by atoms with Gasteiger partial charge in [0.15, 0.2) is 0 Å². The van der Waals surface area contributed by atoms with Gasteiger partial charge < -0.3 is 4.74 Å². The predicted molar refractivity (Wildman–Crippen MR) is 92.3 cm³/mol. The normalized spacial score (nSPS) is 13.7. The molecule has 0 aromatic heterocycles. The van der Waals surface area contributed by atoms with E-state index in [0.717, 1.165) is 18.2 Å². The van der Waals surface area contributed by atoms with E-state index in [4.69, 9.17) is 4.74 Å². The maximum Gasteiger partial charge on any atom is 0.417 e. The molecular formula is C18H20F3NO3S. The molecule has 1 atom stereocenters. The third kappa shape index (κ3) is 4.56. The molecule has 0 bridgehead atoms. The number of hydrogen-bond donors (Lipinski definition) is 1. The van der Waals surface area contributed by atoms with E-state index in [1.165, 1.54) is 13.2 Å². The van der Waals surface area contributed by atoms with Crippen molar-refractivity contribution in [3.05, 3.63) is 59.7 Å². The largest absolute Gasteiger partial charge is 0.497 e. The summed E-state index contributed by atoms with van der Waals surface area (Å²) in [7, 11) is -2.88. The van der Waals surface area contributed by atoms with Gasteiger partial charge in [0.05, 0.1) is 17.6 Å². The number of benzene rings is 2. The van der Waals surface area contributed by atoms with Crippen molar-refractivity contribution in [3.63, 3.8) is 0 Å². The Morgan fingerprint density at radius 1 is 1.00 bits per heavy atom. The Labute approximate surface area is 151 Å². The van der Waals surface area contributed by atoms with E-state index in [1.54, 1.807) is 38.1 Å². The first-order valence-corrected chi connectivity index (χ1v) is 9.37. The molecule has 1 unspecified atom stereocenters. The standard InChI is InChI=1S/C18H20F3NO3S/c1-12(2)17(13-8-10-14(25-3)11-9-13)22-26(23,24)16-7-5-4-6-15(16)18(19,20)21/h4-12,17,22H,1-3H3. The Morgan fingerprint density at radius 2 is 1.58 bits per heavy atom. The van der Waals surface area contributed by atoms with Crippen LogP contribution in [-0.2, 0) is 16.2 Å². The summed E-state index contributed by atoms with van der Waals surface area (Å²) in [5.74, 6) is 0.415. The van der Waals surface area contributed by atoms with E-state index in [2.05, 4.69) is 4.72 Å². The van der Waals surface area contributed by atoms with Crippen LogP contribution in [0.1, 0.15) is 31.0 Å². The fourth-order valence-corrected chi connectivity index (χ4v) is 4.17. The molecule has 142 valence electrons. The monoisotopic (exact) mass is 387 g/mol. The first-order valence-electron chi connectivity index (χ1n) is 7.89. The summed E-state index contributed by atoms with van der Waals surface area (Å²) in [6.07, 6.45) is -4.77. The molecule has 0 saturated carbocycles. The minimum Gasteiger partial charge on any atom is -0.497 e. The van der Waals surface area contributed by atoms with Gasteiger partial charge in [-0.25, -0.2) is 13.1 Å². The van der Waals surface area contributed by atoms with Gasteiger partial charge in [0.25, 0.3) is 0 Å². The van der Waals surface area contributed by atoms with E-state index < -0.39 is 32.7 Å². The molecule has 0 saturated heterocycles. The lowest BCUT2D eigenvalue weighted by atomic mass is 9.97. The van der Waals surface area contributed by atoms with Crippen LogP contribution in [0, 0.1) is 5.92 Å². The van der Waals surface area contributed by atoms with Gasteiger partial charge in [-0.3, -0.25) is 0 Å². The van der Waals surface area contributed by atoms with Crippen molar-refractivity contribution in [2.45, 2.75) is 31.0 Å². The number of alkyl halides is 3. The number of halogens is 3. The summed E-state index contributed by atoms with van der Waals surface area (Å²) in [5, 5.41) is 0. The lowest BCUT2D eigenvalue weighted by Crippen LogP contribution is -2.33. The minimum absolute atomic E-state index is 0.184. The number of ether oxygens (including phenoxy) is 1. The molecule has 26 heavy (non-hydrogen) atoms. The Balaban J connectivity index is 2.42. The van der Waals surface area contributed by atoms with Crippen LogP contribution >= 0.6 is 0 Å². The van der Waals surface area contributed by atoms with Crippen molar-refractivity contribution in [1.29, 1.82) is 0 Å². The fourth-order valence-electron chi connectivity index (χ4n) is 2.57. The lowest BCUT2D eigenvalue weighted by Gasteiger charge is -2.24. The van der Waals surface area contributed by atoms with E-state index in [1.807, 2.05) is 0 Å². The first-order chi connectivity index (χ1) is 12.1. The molecule has 8 heteroatoms. The number of methoxy groups -OCH3 is 1. The summed E-state index contributed by atoms with van der Waals surface area (Å²) in [5.41, 5.74) is -0.557. The second-order valence-corrected chi connectivity index (χ2v) is 7.79. The molecule has 0 heterocycles. The van der Waals surface area contributed by atoms with E-state index in [-0.39, 0.29) is 5.92 Å². The van der Waals surface area contributed by atoms with Gasteiger partial charge in [0.1, 0.15) is 5.75 Å². The molecule has 2 aromatic rings. The zero-order valence-corrected chi connectivity index (χ0v) is 15.4. The van der Waals surface area contributed by atoms with Crippen LogP contribution in [0.2, 0.25) is 0 Å². The second kappa shape index (κ2) is 7.67. The molecule has 2 aromatic carbocycles. The van der Waals surface area contributed by atoms with Crippen molar-refractivity contribution in [1.82, 2.24) is 4.72 Å². The predicted octanol–water partition coefficient (Wildman–Crippen LogP) is 4.39. The minimum atomic E-state index is -4.77. The Morgan fingerprint density at radius 3 is 2.08 bits per heavy atom. The Kier molecular flexibility index (Phi) is 5.98. The molecule has 1 N–H and O–H groups in total. The highest BCUT2D eigenvalue weighted by atomic mass is 32.2. The molecule has 0 amide bonds. The molecule has 0 radical (unpaired) electrons. The average Bonchev–Trinajstić information content (AvgIpc) is 2.59. The molecule has 2 rings (SSSR count). The molecule has 0 aliphatic rings. The summed E-state index contributed by atoms with van der Waals surface area (Å²) in [4.78, 5) is -0.785. The fraction of sp³-hybridized carbons (Fsp3) is 0.333. The van der Waals surface area contributed by atoms with Gasteiger partial charge in [-0.2, -0.15) is 13.2 Å². The number of nitrogens with one attached hydrogen (secondary N) is 1. The maximum atomic E-state index is 13.2. The number of hydrogen-bond acceptors (Lipinski definition) is 3. The molecule has 4 nitrogen and oxygen atoms in total. The van der Waals surface area contributed by atoms with Gasteiger partial charge in [-0.15, -0.1) is 0 Å². The van der Waals surface area contributed by atoms with Crippen LogP contribution in [0.5, 0.6) is 5.75 Å². The quantitative estimate of drug-likeness (QED) is 0.800. The van der Waals surface area contributed by atoms with Crippen molar-refractivity contribution >= 4 is 10.0 Å². The summed E-state index contributed by atoms with van der Waals surface area (Å²) >= 11 is 0. The van der Waals surface area contributed by atoms with Crippen molar-refractivity contribution < 1.29 is 26.3 Å². The third-order valence-corrected chi connectivity index (χ3v) is 5.40. The average molecular weight is 387 g/mol. The lowest BCUT2D eigenvalue weighted by molar-refractivity contribution is -0.139. The molecule has 0 aliphatic carbocycles. The summed E-state index contributed by atoms with van der Waals surface area (Å²) in [6, 6.07) is 10.1. The highest BCUT2D eigenvalue weighted by molar-refractivity contribution is 7.89. The van der Waals surface area contributed by atoms with Crippen LogP contribution in [0.4, 0.5) is 13.2 Å². The molecule has 0 spiro atoms. The zero-order chi connectivity index (χ0) is 19.5. The van der Waals surface area contributed by atoms with Crippen molar-refractivity contribution in [2.24, 2.45) is 5.92 Å². The van der Waals surface area contributed by atoms with Gasteiger partial charge >= 0.3 is 6.18 Å². The van der Waals surface area contributed by atoms with E-state index in [0.29, 0.717) is 11.3 Å². The Bertz CT molecular complexity index is 847. The first kappa shape index (κ1) is 20.3. The highest BCUT2D eigenvalue weighted by Crippen LogP contribution is 2.35. The van der Waals surface area contributed by atoms with Gasteiger partial charge in [0, 0.05) is 6.04 Å². The van der Waals surface area contributed by atoms with Gasteiger partial charge in [0.2, 0.25) is 10.0 Å². The van der Waals surface area contributed by atoms with Crippen LogP contribution < -0.4 is 9.46 Å². The summed E-state index contributed by atoms with van der Waals surface area (Å²) in [6.45, 7) is 3.57. The van der Waals surface area contributed by atoms with Crippen molar-refractivity contribution in [2.75, 3.05) is 7.11 Å². The smallest absolute Gasteiger partial charge is 0.417 e. The summed E-state index contributed by atoms with van der Waals surface area (Å²) < 4.78 is 72.4. The molecule has 0 fully saturated rings. The molecular weight excluding hydrogens is 367 g/mol. The van der Waals surface area contributed by atoms with Crippen LogP contribution in [0.25, 0.3) is 0 Å². The zero-order valence-electron chi connectivity index (χ0n) is 14.5. The van der Waals surface area contributed by atoms with Crippen LogP contribution in [-0.4, -0.2) is 15.5 Å². The number of sulfonamides is 1. The van der Waals surface area contributed by atoms with E-state index in [9.17, 15) is 21.6 Å². The van der Waals surface area contributed by atoms with Crippen molar-refractivity contribution in [3.8, 4) is 5.75 Å². The van der Waals surface area contributed by atoms with E-state index >= 15 is 0 Å². The van der Waals surface area contributed by atoms with Crippen LogP contribution in [0.3, 0.4) is 0 Å². The van der Waals surface area contributed by atoms with Crippen LogP contribution in [0.15, 0.2) is 53.4 Å². The topological polar surface area (TPSA) is 55.4 Å². The maximum absolute atomic E-state index is 13.2. The number of rotatable bonds is 6. The SMILES string of the molecule is COc1ccc(C(NS(=O)(=O)c2ccccc2C(F)(F)F)C(C)C)cc1. The van der Waals surface area contributed by atoms with Gasteiger partial charge in [-0.05, 0) is 35.7 Å².